The van der Waals surface area contributed by atoms with Gasteiger partial charge in [0.1, 0.15) is 13.2 Å². The van der Waals surface area contributed by atoms with Crippen LogP contribution in [0.4, 0.5) is 0 Å². The maximum atomic E-state index is 6.23. The first-order valence-electron chi connectivity index (χ1n) is 10.6. The van der Waals surface area contributed by atoms with E-state index in [-0.39, 0.29) is 0 Å². The highest BCUT2D eigenvalue weighted by Gasteiger charge is 2.30. The van der Waals surface area contributed by atoms with Crippen molar-refractivity contribution in [3.63, 3.8) is 0 Å². The first-order valence-corrected chi connectivity index (χ1v) is 10.6. The van der Waals surface area contributed by atoms with Crippen LogP contribution in [-0.2, 0) is 13.2 Å². The molecule has 4 heteroatoms. The van der Waals surface area contributed by atoms with Crippen LogP contribution in [0.25, 0.3) is 0 Å². The third kappa shape index (κ3) is 5.02. The van der Waals surface area contributed by atoms with Crippen LogP contribution in [0.5, 0.6) is 11.5 Å². The van der Waals surface area contributed by atoms with Crippen LogP contribution in [0.15, 0.2) is 78.9 Å². The molecule has 156 valence electrons. The van der Waals surface area contributed by atoms with E-state index in [4.69, 9.17) is 15.2 Å². The van der Waals surface area contributed by atoms with E-state index in [1.807, 2.05) is 42.5 Å². The summed E-state index contributed by atoms with van der Waals surface area (Å²) in [5, 5.41) is 0. The van der Waals surface area contributed by atoms with Gasteiger partial charge in [-0.15, -0.1) is 0 Å². The molecule has 2 N–H and O–H groups in total. The van der Waals surface area contributed by atoms with Crippen molar-refractivity contribution in [2.45, 2.75) is 25.7 Å². The fourth-order valence-corrected chi connectivity index (χ4v) is 4.10. The Morgan fingerprint density at radius 1 is 0.833 bits per heavy atom. The summed E-state index contributed by atoms with van der Waals surface area (Å²) in [7, 11) is 2.17. The summed E-state index contributed by atoms with van der Waals surface area (Å²) in [4.78, 5) is 2.39. The molecule has 30 heavy (non-hydrogen) atoms. The zero-order valence-corrected chi connectivity index (χ0v) is 17.5. The van der Waals surface area contributed by atoms with Gasteiger partial charge in [0, 0.05) is 12.6 Å². The highest BCUT2D eigenvalue weighted by molar-refractivity contribution is 5.44. The Hall–Kier alpha value is -2.82. The minimum atomic E-state index is 0.362. The standard InChI is InChI=1S/C26H30N2O2/c1-28-17-22(16-27)14-24(28)23-12-13-25(29-18-20-8-4-2-5-9-20)26(15-23)30-19-21-10-6-3-7-11-21/h2-13,15,22,24H,14,16-19,27H2,1H3. The summed E-state index contributed by atoms with van der Waals surface area (Å²) < 4.78 is 12.4. The second-order valence-corrected chi connectivity index (χ2v) is 8.05. The molecule has 1 heterocycles. The van der Waals surface area contributed by atoms with Gasteiger partial charge in [-0.05, 0) is 54.8 Å². The molecule has 0 aromatic heterocycles. The van der Waals surface area contributed by atoms with Crippen molar-refractivity contribution in [2.24, 2.45) is 11.7 Å². The number of hydrogen-bond donors (Lipinski definition) is 1. The van der Waals surface area contributed by atoms with E-state index in [0.717, 1.165) is 42.1 Å². The van der Waals surface area contributed by atoms with Gasteiger partial charge in [0.05, 0.1) is 0 Å². The molecule has 4 rings (SSSR count). The Bertz CT molecular complexity index is 930. The van der Waals surface area contributed by atoms with Crippen molar-refractivity contribution in [3.8, 4) is 11.5 Å². The molecule has 0 radical (unpaired) electrons. The first kappa shape index (κ1) is 20.5. The summed E-state index contributed by atoms with van der Waals surface area (Å²) in [6, 6.07) is 27.1. The van der Waals surface area contributed by atoms with E-state index in [1.165, 1.54) is 5.56 Å². The van der Waals surface area contributed by atoms with Gasteiger partial charge in [0.2, 0.25) is 0 Å². The highest BCUT2D eigenvalue weighted by Crippen LogP contribution is 2.38. The highest BCUT2D eigenvalue weighted by atomic mass is 16.5. The van der Waals surface area contributed by atoms with Gasteiger partial charge < -0.3 is 15.2 Å². The zero-order valence-electron chi connectivity index (χ0n) is 17.5. The average molecular weight is 403 g/mol. The second kappa shape index (κ2) is 9.79. The lowest BCUT2D eigenvalue weighted by Crippen LogP contribution is -2.20. The molecule has 3 aromatic carbocycles. The minimum Gasteiger partial charge on any atom is -0.485 e. The van der Waals surface area contributed by atoms with E-state index < -0.39 is 0 Å². The molecular formula is C26H30N2O2. The summed E-state index contributed by atoms with van der Waals surface area (Å²) in [6.07, 6.45) is 1.08. The molecular weight excluding hydrogens is 372 g/mol. The van der Waals surface area contributed by atoms with E-state index in [2.05, 4.69) is 48.3 Å². The quantitative estimate of drug-likeness (QED) is 0.588. The number of ether oxygens (including phenoxy) is 2. The fraction of sp³-hybridized carbons (Fsp3) is 0.308. The van der Waals surface area contributed by atoms with Gasteiger partial charge in [-0.2, -0.15) is 0 Å². The topological polar surface area (TPSA) is 47.7 Å². The molecule has 3 aromatic rings. The van der Waals surface area contributed by atoms with Crippen molar-refractivity contribution in [1.29, 1.82) is 0 Å². The number of nitrogens with two attached hydrogens (primary N) is 1. The van der Waals surface area contributed by atoms with Gasteiger partial charge in [-0.3, -0.25) is 4.90 Å². The number of hydrogen-bond acceptors (Lipinski definition) is 4. The molecule has 2 unspecified atom stereocenters. The third-order valence-electron chi connectivity index (χ3n) is 5.80. The van der Waals surface area contributed by atoms with Crippen LogP contribution in [0.2, 0.25) is 0 Å². The lowest BCUT2D eigenvalue weighted by Gasteiger charge is -2.21. The molecule has 0 bridgehead atoms. The van der Waals surface area contributed by atoms with Gasteiger partial charge in [-0.25, -0.2) is 0 Å². The second-order valence-electron chi connectivity index (χ2n) is 8.05. The summed E-state index contributed by atoms with van der Waals surface area (Å²) in [5.74, 6) is 2.11. The van der Waals surface area contributed by atoms with Crippen LogP contribution in [0.3, 0.4) is 0 Å². The first-order chi connectivity index (χ1) is 14.7. The van der Waals surface area contributed by atoms with E-state index in [9.17, 15) is 0 Å². The Balaban J connectivity index is 1.55. The smallest absolute Gasteiger partial charge is 0.162 e. The van der Waals surface area contributed by atoms with Crippen molar-refractivity contribution in [2.75, 3.05) is 20.1 Å². The predicted molar refractivity (Wildman–Crippen MR) is 121 cm³/mol. The van der Waals surface area contributed by atoms with Crippen LogP contribution in [0.1, 0.15) is 29.2 Å². The Morgan fingerprint density at radius 3 is 2.00 bits per heavy atom. The molecule has 0 amide bonds. The van der Waals surface area contributed by atoms with Gasteiger partial charge >= 0.3 is 0 Å². The number of likely N-dealkylation sites (tertiary alicyclic amines) is 1. The van der Waals surface area contributed by atoms with E-state index >= 15 is 0 Å². The molecule has 0 saturated carbocycles. The van der Waals surface area contributed by atoms with Gasteiger partial charge in [0.15, 0.2) is 11.5 Å². The van der Waals surface area contributed by atoms with Crippen LogP contribution >= 0.6 is 0 Å². The van der Waals surface area contributed by atoms with Crippen molar-refractivity contribution >= 4 is 0 Å². The molecule has 4 nitrogen and oxygen atoms in total. The molecule has 1 aliphatic heterocycles. The summed E-state index contributed by atoms with van der Waals surface area (Å²) in [6.45, 7) is 2.79. The van der Waals surface area contributed by atoms with Crippen molar-refractivity contribution < 1.29 is 9.47 Å². The molecule has 1 aliphatic rings. The minimum absolute atomic E-state index is 0.362. The van der Waals surface area contributed by atoms with Crippen molar-refractivity contribution in [1.82, 2.24) is 4.90 Å². The summed E-state index contributed by atoms with van der Waals surface area (Å²) in [5.41, 5.74) is 9.45. The molecule has 1 saturated heterocycles. The normalized spacial score (nSPS) is 19.0. The lowest BCUT2D eigenvalue weighted by atomic mass is 9.99. The number of rotatable bonds is 8. The van der Waals surface area contributed by atoms with Crippen LogP contribution < -0.4 is 15.2 Å². The number of benzene rings is 3. The number of nitrogens with zero attached hydrogens (tertiary/aromatic N) is 1. The SMILES string of the molecule is CN1CC(CN)CC1c1ccc(OCc2ccccc2)c(OCc2ccccc2)c1. The maximum Gasteiger partial charge on any atom is 0.162 e. The van der Waals surface area contributed by atoms with Crippen LogP contribution in [-0.4, -0.2) is 25.0 Å². The van der Waals surface area contributed by atoms with Gasteiger partial charge in [-0.1, -0.05) is 66.7 Å². The van der Waals surface area contributed by atoms with Crippen LogP contribution in [0, 0.1) is 5.92 Å². The van der Waals surface area contributed by atoms with E-state index in [1.54, 1.807) is 0 Å². The molecule has 1 fully saturated rings. The molecule has 0 aliphatic carbocycles. The Kier molecular flexibility index (Phi) is 6.67. The molecule has 2 atom stereocenters. The average Bonchev–Trinajstić information content (AvgIpc) is 3.18. The maximum absolute atomic E-state index is 6.23. The predicted octanol–water partition coefficient (Wildman–Crippen LogP) is 4.80. The largest absolute Gasteiger partial charge is 0.485 e. The zero-order chi connectivity index (χ0) is 20.8. The lowest BCUT2D eigenvalue weighted by molar-refractivity contribution is 0.254. The third-order valence-corrected chi connectivity index (χ3v) is 5.80. The fourth-order valence-electron chi connectivity index (χ4n) is 4.10. The van der Waals surface area contributed by atoms with E-state index in [0.29, 0.717) is 25.2 Å². The monoisotopic (exact) mass is 402 g/mol. The molecule has 0 spiro atoms. The Morgan fingerprint density at radius 2 is 1.43 bits per heavy atom. The summed E-state index contributed by atoms with van der Waals surface area (Å²) >= 11 is 0. The Labute approximate surface area is 179 Å². The van der Waals surface area contributed by atoms with Gasteiger partial charge in [0.25, 0.3) is 0 Å². The van der Waals surface area contributed by atoms with Crippen molar-refractivity contribution in [3.05, 3.63) is 95.6 Å².